The Hall–Kier alpha value is -2.19. The Morgan fingerprint density at radius 1 is 0.895 bits per heavy atom. The summed E-state index contributed by atoms with van der Waals surface area (Å²) in [5.41, 5.74) is 9.17. The summed E-state index contributed by atoms with van der Waals surface area (Å²) in [7, 11) is 0. The molecule has 0 saturated carbocycles. The number of fused-ring (bicyclic) bond motifs is 1. The van der Waals surface area contributed by atoms with Crippen LogP contribution in [0.2, 0.25) is 0 Å². The van der Waals surface area contributed by atoms with Crippen LogP contribution in [0.3, 0.4) is 0 Å². The first-order valence-corrected chi connectivity index (χ1v) is 6.37. The van der Waals surface area contributed by atoms with Gasteiger partial charge in [-0.3, -0.25) is 4.98 Å². The number of benzene rings is 2. The van der Waals surface area contributed by atoms with Crippen molar-refractivity contribution in [1.82, 2.24) is 4.98 Å². The molecule has 0 bridgehead atoms. The lowest BCUT2D eigenvalue weighted by atomic mass is 9.85. The van der Waals surface area contributed by atoms with Gasteiger partial charge in [-0.25, -0.2) is 0 Å². The van der Waals surface area contributed by atoms with E-state index in [1.807, 2.05) is 37.4 Å². The average Bonchev–Trinajstić information content (AvgIpc) is 2.47. The first-order chi connectivity index (χ1) is 9.18. The maximum Gasteiger partial charge on any atom is 0.0705 e. The second kappa shape index (κ2) is 4.48. The molecule has 0 aliphatic rings. The van der Waals surface area contributed by atoms with Crippen molar-refractivity contribution in [3.63, 3.8) is 0 Å². The first-order valence-electron chi connectivity index (χ1n) is 6.37. The molecule has 0 aliphatic heterocycles. The number of nitrogens with zero attached hydrogens (tertiary/aromatic N) is 1. The van der Waals surface area contributed by atoms with E-state index in [0.717, 1.165) is 22.0 Å². The summed E-state index contributed by atoms with van der Waals surface area (Å²) in [6, 6.07) is 20.4. The molecule has 0 fully saturated rings. The topological polar surface area (TPSA) is 38.9 Å². The van der Waals surface area contributed by atoms with Gasteiger partial charge < -0.3 is 5.73 Å². The van der Waals surface area contributed by atoms with Crippen molar-refractivity contribution in [3.8, 4) is 0 Å². The molecular weight excluding hydrogens is 232 g/mol. The molecule has 0 aliphatic carbocycles. The predicted molar refractivity (Wildman–Crippen MR) is 78.8 cm³/mol. The molecule has 0 spiro atoms. The molecule has 3 rings (SSSR count). The number of nitrogens with two attached hydrogens (primary N) is 1. The van der Waals surface area contributed by atoms with Crippen molar-refractivity contribution in [2.24, 2.45) is 5.73 Å². The minimum absolute atomic E-state index is 0.507. The van der Waals surface area contributed by atoms with E-state index in [-0.39, 0.29) is 0 Å². The van der Waals surface area contributed by atoms with Gasteiger partial charge in [-0.05, 0) is 30.2 Å². The zero-order valence-corrected chi connectivity index (χ0v) is 10.9. The molecule has 0 amide bonds. The molecule has 94 valence electrons. The number of hydrogen-bond donors (Lipinski definition) is 1. The lowest BCUT2D eigenvalue weighted by molar-refractivity contribution is 0.604. The SMILES string of the molecule is CC(N)(c1ccccc1)c1ccc2cccnc2c1. The zero-order valence-electron chi connectivity index (χ0n) is 10.9. The molecular formula is C17H16N2. The fraction of sp³-hybridized carbons (Fsp3) is 0.118. The molecule has 2 aromatic carbocycles. The highest BCUT2D eigenvalue weighted by molar-refractivity contribution is 5.79. The van der Waals surface area contributed by atoms with Gasteiger partial charge in [-0.15, -0.1) is 0 Å². The molecule has 3 aromatic rings. The number of hydrogen-bond acceptors (Lipinski definition) is 2. The van der Waals surface area contributed by atoms with Crippen LogP contribution in [0.4, 0.5) is 0 Å². The second-order valence-corrected chi connectivity index (χ2v) is 4.98. The van der Waals surface area contributed by atoms with E-state index < -0.39 is 5.54 Å². The Morgan fingerprint density at radius 2 is 1.68 bits per heavy atom. The van der Waals surface area contributed by atoms with E-state index in [0.29, 0.717) is 0 Å². The Morgan fingerprint density at radius 3 is 2.47 bits per heavy atom. The number of pyridine rings is 1. The van der Waals surface area contributed by atoms with Crippen molar-refractivity contribution in [2.75, 3.05) is 0 Å². The third kappa shape index (κ3) is 2.11. The Balaban J connectivity index is 2.13. The van der Waals surface area contributed by atoms with Crippen LogP contribution in [-0.4, -0.2) is 4.98 Å². The summed E-state index contributed by atoms with van der Waals surface area (Å²) in [6.45, 7) is 2.03. The van der Waals surface area contributed by atoms with E-state index in [1.165, 1.54) is 0 Å². The summed E-state index contributed by atoms with van der Waals surface area (Å²) in [6.07, 6.45) is 1.81. The molecule has 0 saturated heterocycles. The molecule has 1 heterocycles. The molecule has 2 heteroatoms. The molecule has 2 nitrogen and oxygen atoms in total. The van der Waals surface area contributed by atoms with Crippen LogP contribution in [0, 0.1) is 0 Å². The van der Waals surface area contributed by atoms with Crippen molar-refractivity contribution < 1.29 is 0 Å². The van der Waals surface area contributed by atoms with Crippen LogP contribution in [0.25, 0.3) is 10.9 Å². The van der Waals surface area contributed by atoms with Gasteiger partial charge in [0.1, 0.15) is 0 Å². The molecule has 1 unspecified atom stereocenters. The normalized spacial score (nSPS) is 14.2. The molecule has 2 N–H and O–H groups in total. The average molecular weight is 248 g/mol. The van der Waals surface area contributed by atoms with Crippen LogP contribution < -0.4 is 5.73 Å². The third-order valence-electron chi connectivity index (χ3n) is 3.58. The van der Waals surface area contributed by atoms with Gasteiger partial charge in [0.25, 0.3) is 0 Å². The third-order valence-corrected chi connectivity index (χ3v) is 3.58. The first kappa shape index (κ1) is 11.9. The maximum absolute atomic E-state index is 6.52. The lowest BCUT2D eigenvalue weighted by Gasteiger charge is -2.26. The standard InChI is InChI=1S/C17H16N2/c1-17(18,14-7-3-2-4-8-14)15-10-9-13-6-5-11-19-16(13)12-15/h2-12H,18H2,1H3. The van der Waals surface area contributed by atoms with Crippen LogP contribution in [-0.2, 0) is 5.54 Å². The van der Waals surface area contributed by atoms with E-state index in [9.17, 15) is 0 Å². The van der Waals surface area contributed by atoms with Crippen LogP contribution in [0.1, 0.15) is 18.1 Å². The van der Waals surface area contributed by atoms with E-state index in [4.69, 9.17) is 5.73 Å². The minimum Gasteiger partial charge on any atom is -0.318 e. The summed E-state index contributed by atoms with van der Waals surface area (Å²) in [5, 5.41) is 1.13. The second-order valence-electron chi connectivity index (χ2n) is 4.98. The van der Waals surface area contributed by atoms with Crippen LogP contribution in [0.15, 0.2) is 66.9 Å². The highest BCUT2D eigenvalue weighted by atomic mass is 14.7. The van der Waals surface area contributed by atoms with Gasteiger partial charge in [0, 0.05) is 11.6 Å². The smallest absolute Gasteiger partial charge is 0.0705 e. The zero-order chi connectivity index (χ0) is 13.3. The lowest BCUT2D eigenvalue weighted by Crippen LogP contribution is -2.34. The minimum atomic E-state index is -0.507. The molecule has 19 heavy (non-hydrogen) atoms. The monoisotopic (exact) mass is 248 g/mol. The van der Waals surface area contributed by atoms with Gasteiger partial charge in [-0.2, -0.15) is 0 Å². The van der Waals surface area contributed by atoms with Crippen molar-refractivity contribution in [2.45, 2.75) is 12.5 Å². The summed E-state index contributed by atoms with van der Waals surface area (Å²) in [4.78, 5) is 4.39. The highest BCUT2D eigenvalue weighted by Crippen LogP contribution is 2.28. The van der Waals surface area contributed by atoms with Gasteiger partial charge in [0.05, 0.1) is 11.1 Å². The van der Waals surface area contributed by atoms with Crippen LogP contribution >= 0.6 is 0 Å². The quantitative estimate of drug-likeness (QED) is 0.754. The number of aromatic nitrogens is 1. The van der Waals surface area contributed by atoms with Gasteiger partial charge in [0.2, 0.25) is 0 Å². The Kier molecular flexibility index (Phi) is 2.80. The fourth-order valence-electron chi connectivity index (χ4n) is 2.34. The highest BCUT2D eigenvalue weighted by Gasteiger charge is 2.23. The fourth-order valence-corrected chi connectivity index (χ4v) is 2.34. The summed E-state index contributed by atoms with van der Waals surface area (Å²) < 4.78 is 0. The van der Waals surface area contributed by atoms with Crippen molar-refractivity contribution in [3.05, 3.63) is 78.0 Å². The number of rotatable bonds is 2. The maximum atomic E-state index is 6.52. The van der Waals surface area contributed by atoms with E-state index in [2.05, 4.69) is 41.4 Å². The van der Waals surface area contributed by atoms with Crippen molar-refractivity contribution >= 4 is 10.9 Å². The Labute approximate surface area is 112 Å². The van der Waals surface area contributed by atoms with E-state index in [1.54, 1.807) is 0 Å². The van der Waals surface area contributed by atoms with Crippen LogP contribution in [0.5, 0.6) is 0 Å². The van der Waals surface area contributed by atoms with Crippen molar-refractivity contribution in [1.29, 1.82) is 0 Å². The Bertz CT molecular complexity index is 703. The summed E-state index contributed by atoms with van der Waals surface area (Å²) >= 11 is 0. The van der Waals surface area contributed by atoms with Gasteiger partial charge >= 0.3 is 0 Å². The molecule has 1 atom stereocenters. The van der Waals surface area contributed by atoms with E-state index >= 15 is 0 Å². The van der Waals surface area contributed by atoms with Gasteiger partial charge in [-0.1, -0.05) is 48.5 Å². The molecule has 0 radical (unpaired) electrons. The van der Waals surface area contributed by atoms with Gasteiger partial charge in [0.15, 0.2) is 0 Å². The largest absolute Gasteiger partial charge is 0.318 e. The predicted octanol–water partition coefficient (Wildman–Crippen LogP) is 3.46. The molecule has 1 aromatic heterocycles. The summed E-state index contributed by atoms with van der Waals surface area (Å²) in [5.74, 6) is 0.